The van der Waals surface area contributed by atoms with Gasteiger partial charge in [0, 0.05) is 11.0 Å². The van der Waals surface area contributed by atoms with E-state index in [0.29, 0.717) is 4.88 Å². The highest BCUT2D eigenvalue weighted by atomic mass is 32.1. The van der Waals surface area contributed by atoms with Gasteiger partial charge in [0.1, 0.15) is 0 Å². The molecule has 0 bridgehead atoms. The van der Waals surface area contributed by atoms with Gasteiger partial charge in [-0.3, -0.25) is 10.1 Å². The molecule has 0 unspecified atom stereocenters. The van der Waals surface area contributed by atoms with Crippen LogP contribution in [0.2, 0.25) is 0 Å². The number of hydrogen-bond donors (Lipinski definition) is 0. The fourth-order valence-corrected chi connectivity index (χ4v) is 1.55. The maximum atomic E-state index is 11.2. The molecule has 0 amide bonds. The van der Waals surface area contributed by atoms with Crippen molar-refractivity contribution in [2.45, 2.75) is 6.92 Å². The Kier molecular flexibility index (Phi) is 3.99. The van der Waals surface area contributed by atoms with Crippen molar-refractivity contribution in [3.8, 4) is 0 Å². The van der Waals surface area contributed by atoms with Gasteiger partial charge < -0.3 is 4.74 Å². The topological polar surface area (TPSA) is 69.4 Å². The predicted octanol–water partition coefficient (Wildman–Crippen LogP) is 1.93. The molecule has 1 rings (SSSR count). The molecule has 0 atom stereocenters. The first-order valence-corrected chi connectivity index (χ1v) is 5.09. The smallest absolute Gasteiger partial charge is 0.409 e. The molecule has 0 radical (unpaired) electrons. The molecular formula is C9H9NO4S. The Labute approximate surface area is 90.1 Å². The van der Waals surface area contributed by atoms with Crippen molar-refractivity contribution in [2.24, 2.45) is 0 Å². The monoisotopic (exact) mass is 227 g/mol. The molecule has 1 aromatic rings. The van der Waals surface area contributed by atoms with E-state index in [0.717, 1.165) is 0 Å². The molecule has 80 valence electrons. The van der Waals surface area contributed by atoms with E-state index in [1.807, 2.05) is 0 Å². The normalized spacial score (nSPS) is 11.1. The summed E-state index contributed by atoms with van der Waals surface area (Å²) in [7, 11) is 0. The lowest BCUT2D eigenvalue weighted by Crippen LogP contribution is -2.14. The van der Waals surface area contributed by atoms with Crippen LogP contribution in [-0.4, -0.2) is 17.5 Å². The number of esters is 1. The van der Waals surface area contributed by atoms with Crippen LogP contribution in [0, 0.1) is 10.1 Å². The SMILES string of the molecule is CCOC(=O)/C(=C/c1cccs1)[N+](=O)[O-]. The first-order valence-electron chi connectivity index (χ1n) is 4.22. The van der Waals surface area contributed by atoms with Crippen molar-refractivity contribution >= 4 is 23.4 Å². The van der Waals surface area contributed by atoms with Gasteiger partial charge in [-0.1, -0.05) is 6.07 Å². The highest BCUT2D eigenvalue weighted by Crippen LogP contribution is 2.14. The summed E-state index contributed by atoms with van der Waals surface area (Å²) in [5.74, 6) is -0.907. The van der Waals surface area contributed by atoms with Crippen LogP contribution in [-0.2, 0) is 9.53 Å². The summed E-state index contributed by atoms with van der Waals surface area (Å²) in [6.45, 7) is 1.72. The van der Waals surface area contributed by atoms with Crippen LogP contribution in [0.5, 0.6) is 0 Å². The second-order valence-electron chi connectivity index (χ2n) is 2.52. The second kappa shape index (κ2) is 5.26. The van der Waals surface area contributed by atoms with E-state index in [1.165, 1.54) is 17.4 Å². The van der Waals surface area contributed by atoms with Gasteiger partial charge >= 0.3 is 11.7 Å². The van der Waals surface area contributed by atoms with Crippen LogP contribution in [0.3, 0.4) is 0 Å². The molecule has 0 spiro atoms. The molecule has 0 aliphatic carbocycles. The fourth-order valence-electron chi connectivity index (χ4n) is 0.899. The Morgan fingerprint density at radius 1 is 1.73 bits per heavy atom. The lowest BCUT2D eigenvalue weighted by Gasteiger charge is -1.97. The van der Waals surface area contributed by atoms with Gasteiger partial charge in [0.2, 0.25) is 0 Å². The van der Waals surface area contributed by atoms with Gasteiger partial charge in [0.25, 0.3) is 0 Å². The molecule has 1 aromatic heterocycles. The summed E-state index contributed by atoms with van der Waals surface area (Å²) in [6.07, 6.45) is 1.21. The van der Waals surface area contributed by atoms with Gasteiger partial charge in [-0.2, -0.15) is 0 Å². The fraction of sp³-hybridized carbons (Fsp3) is 0.222. The predicted molar refractivity (Wildman–Crippen MR) is 55.9 cm³/mol. The maximum absolute atomic E-state index is 11.2. The van der Waals surface area contributed by atoms with Crippen molar-refractivity contribution in [1.82, 2.24) is 0 Å². The minimum atomic E-state index is -0.907. The molecule has 6 heteroatoms. The molecule has 0 N–H and O–H groups in total. The Balaban J connectivity index is 2.92. The number of thiophene rings is 1. The molecule has 0 aromatic carbocycles. The number of carbonyl (C=O) groups is 1. The van der Waals surface area contributed by atoms with Gasteiger partial charge in [0.15, 0.2) is 0 Å². The average Bonchev–Trinajstić information content (AvgIpc) is 2.66. The van der Waals surface area contributed by atoms with Crippen LogP contribution >= 0.6 is 11.3 Å². The van der Waals surface area contributed by atoms with Gasteiger partial charge in [-0.25, -0.2) is 4.79 Å². The van der Waals surface area contributed by atoms with Crippen LogP contribution in [0.15, 0.2) is 23.2 Å². The van der Waals surface area contributed by atoms with Crippen LogP contribution in [0.1, 0.15) is 11.8 Å². The summed E-state index contributed by atoms with van der Waals surface area (Å²) in [5.41, 5.74) is -0.542. The molecule has 5 nitrogen and oxygen atoms in total. The second-order valence-corrected chi connectivity index (χ2v) is 3.50. The van der Waals surface area contributed by atoms with Crippen LogP contribution < -0.4 is 0 Å². The van der Waals surface area contributed by atoms with Gasteiger partial charge in [-0.05, 0) is 18.4 Å². The zero-order valence-electron chi connectivity index (χ0n) is 8.00. The highest BCUT2D eigenvalue weighted by molar-refractivity contribution is 7.10. The zero-order valence-corrected chi connectivity index (χ0v) is 8.82. The molecule has 0 aliphatic rings. The number of ether oxygens (including phenoxy) is 1. The largest absolute Gasteiger partial charge is 0.458 e. The van der Waals surface area contributed by atoms with Crippen molar-refractivity contribution in [1.29, 1.82) is 0 Å². The first kappa shape index (κ1) is 11.4. The number of nitro groups is 1. The van der Waals surface area contributed by atoms with Crippen molar-refractivity contribution in [2.75, 3.05) is 6.61 Å². The Bertz CT molecular complexity index is 383. The zero-order chi connectivity index (χ0) is 11.3. The van der Waals surface area contributed by atoms with Crippen LogP contribution in [0.25, 0.3) is 6.08 Å². The van der Waals surface area contributed by atoms with E-state index in [-0.39, 0.29) is 6.61 Å². The molecule has 1 heterocycles. The summed E-state index contributed by atoms with van der Waals surface area (Å²) in [6, 6.07) is 3.44. The van der Waals surface area contributed by atoms with E-state index < -0.39 is 16.6 Å². The Hall–Kier alpha value is -1.69. The number of nitrogens with zero attached hydrogens (tertiary/aromatic N) is 1. The van der Waals surface area contributed by atoms with Crippen molar-refractivity contribution < 1.29 is 14.5 Å². The molecule has 15 heavy (non-hydrogen) atoms. The highest BCUT2D eigenvalue weighted by Gasteiger charge is 2.23. The third-order valence-corrected chi connectivity index (χ3v) is 2.32. The van der Waals surface area contributed by atoms with Gasteiger partial charge in [0.05, 0.1) is 11.5 Å². The van der Waals surface area contributed by atoms with Crippen molar-refractivity contribution in [3.05, 3.63) is 38.2 Å². The molecule has 0 aliphatic heterocycles. The number of carbonyl (C=O) groups excluding carboxylic acids is 1. The van der Waals surface area contributed by atoms with E-state index >= 15 is 0 Å². The molecular weight excluding hydrogens is 218 g/mol. The quantitative estimate of drug-likeness (QED) is 0.341. The minimum Gasteiger partial charge on any atom is -0.458 e. The van der Waals surface area contributed by atoms with E-state index in [2.05, 4.69) is 4.74 Å². The third-order valence-electron chi connectivity index (χ3n) is 1.50. The first-order chi connectivity index (χ1) is 7.15. The Morgan fingerprint density at radius 2 is 2.47 bits per heavy atom. The van der Waals surface area contributed by atoms with E-state index in [4.69, 9.17) is 0 Å². The number of hydrogen-bond acceptors (Lipinski definition) is 5. The van der Waals surface area contributed by atoms with Crippen molar-refractivity contribution in [3.63, 3.8) is 0 Å². The minimum absolute atomic E-state index is 0.119. The number of rotatable bonds is 4. The molecule has 0 fully saturated rings. The van der Waals surface area contributed by atoms with Crippen LogP contribution in [0.4, 0.5) is 0 Å². The lowest BCUT2D eigenvalue weighted by molar-refractivity contribution is -0.419. The standard InChI is InChI=1S/C9H9NO4S/c1-2-14-9(11)8(10(12)13)6-7-4-3-5-15-7/h3-6H,2H2,1H3/b8-6-. The Morgan fingerprint density at radius 3 is 2.93 bits per heavy atom. The summed E-state index contributed by atoms with van der Waals surface area (Å²) in [4.78, 5) is 21.7. The van der Waals surface area contributed by atoms with E-state index in [9.17, 15) is 14.9 Å². The molecule has 0 saturated heterocycles. The van der Waals surface area contributed by atoms with Gasteiger partial charge in [-0.15, -0.1) is 11.3 Å². The average molecular weight is 227 g/mol. The summed E-state index contributed by atoms with van der Waals surface area (Å²) < 4.78 is 4.57. The maximum Gasteiger partial charge on any atom is 0.409 e. The molecule has 0 saturated carbocycles. The third kappa shape index (κ3) is 3.17. The van der Waals surface area contributed by atoms with E-state index in [1.54, 1.807) is 24.4 Å². The summed E-state index contributed by atoms with van der Waals surface area (Å²) >= 11 is 1.32. The lowest BCUT2D eigenvalue weighted by atomic mass is 10.3. The summed E-state index contributed by atoms with van der Waals surface area (Å²) in [5, 5.41) is 12.4.